The summed E-state index contributed by atoms with van der Waals surface area (Å²) in [6.45, 7) is 0.329. The summed E-state index contributed by atoms with van der Waals surface area (Å²) >= 11 is -2.57. The van der Waals surface area contributed by atoms with Crippen LogP contribution in [0.5, 0.6) is 0 Å². The Hall–Kier alpha value is -0.950. The van der Waals surface area contributed by atoms with Crippen molar-refractivity contribution in [2.45, 2.75) is 6.54 Å². The molecular weight excluding hydrogens is 204 g/mol. The molecule has 6 heteroatoms. The summed E-state index contributed by atoms with van der Waals surface area (Å²) in [5, 5.41) is 1.16. The molecule has 14 heavy (non-hydrogen) atoms. The molecule has 1 unspecified atom stereocenters. The number of hydrogen-bond acceptors (Lipinski definition) is 5. The topological polar surface area (TPSA) is 78.6 Å². The lowest BCUT2D eigenvalue weighted by Crippen LogP contribution is -2.21. The lowest BCUT2D eigenvalue weighted by atomic mass is 10.2. The molecule has 0 saturated carbocycles. The second-order valence-corrected chi connectivity index (χ2v) is 3.17. The van der Waals surface area contributed by atoms with Crippen LogP contribution >= 0.6 is 0 Å². The number of nitrogens with zero attached hydrogens (tertiary/aromatic N) is 1. The molecule has 2 N–H and O–H groups in total. The number of benzene rings is 1. The van der Waals surface area contributed by atoms with E-state index in [4.69, 9.17) is 5.73 Å². The normalized spacial score (nSPS) is 12.5. The highest BCUT2D eigenvalue weighted by molar-refractivity contribution is 7.74. The van der Waals surface area contributed by atoms with Crippen LogP contribution in [0.25, 0.3) is 0 Å². The van der Waals surface area contributed by atoms with Crippen LogP contribution in [0, 0.1) is 0 Å². The van der Waals surface area contributed by atoms with Crippen molar-refractivity contribution in [2.24, 2.45) is 5.73 Å². The van der Waals surface area contributed by atoms with Crippen molar-refractivity contribution in [3.8, 4) is 0 Å². The number of nitrogens with two attached hydrogens (primary N) is 1. The van der Waals surface area contributed by atoms with E-state index in [1.165, 1.54) is 7.05 Å². The van der Waals surface area contributed by atoms with Crippen LogP contribution in [0.2, 0.25) is 0 Å². The van der Waals surface area contributed by atoms with Gasteiger partial charge in [-0.15, -0.1) is 0 Å². The van der Waals surface area contributed by atoms with Gasteiger partial charge in [-0.25, -0.2) is 9.27 Å². The zero-order valence-corrected chi connectivity index (χ0v) is 8.49. The third-order valence-electron chi connectivity index (χ3n) is 1.72. The quantitative estimate of drug-likeness (QED) is 0.577. The number of para-hydroxylation sites is 1. The largest absolute Gasteiger partial charge is 0.748 e. The third-order valence-corrected chi connectivity index (χ3v) is 2.07. The maximum absolute atomic E-state index is 10.3. The lowest BCUT2D eigenvalue weighted by molar-refractivity contribution is 0.288. The van der Waals surface area contributed by atoms with E-state index in [1.54, 1.807) is 12.1 Å². The molecule has 0 fully saturated rings. The molecule has 1 aromatic rings. The monoisotopic (exact) mass is 215 g/mol. The second kappa shape index (κ2) is 5.06. The molecule has 78 valence electrons. The Bertz CT molecular complexity index is 332. The predicted molar refractivity (Wildman–Crippen MR) is 52.7 cm³/mol. The van der Waals surface area contributed by atoms with Crippen molar-refractivity contribution in [3.63, 3.8) is 0 Å². The van der Waals surface area contributed by atoms with Gasteiger partial charge in [-0.3, -0.25) is 0 Å². The summed E-state index contributed by atoms with van der Waals surface area (Å²) < 4.78 is 25.0. The highest BCUT2D eigenvalue weighted by Crippen LogP contribution is 2.18. The Morgan fingerprint density at radius 1 is 1.57 bits per heavy atom. The van der Waals surface area contributed by atoms with Crippen molar-refractivity contribution in [1.29, 1.82) is 0 Å². The average Bonchev–Trinajstić information content (AvgIpc) is 2.16. The SMILES string of the molecule is CN(OS(=O)[O-])c1ccccc1CN. The maximum atomic E-state index is 10.3. The number of hydrogen-bond donors (Lipinski definition) is 1. The Labute approximate surface area is 84.9 Å². The first-order valence-corrected chi connectivity index (χ1v) is 4.94. The summed E-state index contributed by atoms with van der Waals surface area (Å²) in [4.78, 5) is 0. The summed E-state index contributed by atoms with van der Waals surface area (Å²) in [6, 6.07) is 7.15. The lowest BCUT2D eigenvalue weighted by Gasteiger charge is -2.21. The Balaban J connectivity index is 2.87. The first-order chi connectivity index (χ1) is 6.65. The Morgan fingerprint density at radius 2 is 2.21 bits per heavy atom. The zero-order valence-electron chi connectivity index (χ0n) is 7.67. The Morgan fingerprint density at radius 3 is 2.79 bits per heavy atom. The van der Waals surface area contributed by atoms with Gasteiger partial charge in [0.2, 0.25) is 0 Å². The molecule has 0 radical (unpaired) electrons. The van der Waals surface area contributed by atoms with E-state index in [0.29, 0.717) is 12.2 Å². The van der Waals surface area contributed by atoms with Gasteiger partial charge in [0, 0.05) is 13.6 Å². The molecule has 0 spiro atoms. The van der Waals surface area contributed by atoms with Gasteiger partial charge in [0.05, 0.1) is 5.69 Å². The van der Waals surface area contributed by atoms with Crippen molar-refractivity contribution in [1.82, 2.24) is 0 Å². The van der Waals surface area contributed by atoms with Crippen LogP contribution < -0.4 is 10.8 Å². The van der Waals surface area contributed by atoms with Gasteiger partial charge < -0.3 is 10.3 Å². The van der Waals surface area contributed by atoms with Gasteiger partial charge in [0.25, 0.3) is 0 Å². The molecule has 0 aliphatic carbocycles. The molecule has 1 atom stereocenters. The van der Waals surface area contributed by atoms with Gasteiger partial charge in [-0.2, -0.15) is 4.28 Å². The number of anilines is 1. The number of hydroxylamine groups is 1. The fourth-order valence-corrected chi connectivity index (χ4v) is 1.38. The highest BCUT2D eigenvalue weighted by Gasteiger charge is 2.05. The summed E-state index contributed by atoms with van der Waals surface area (Å²) in [6.07, 6.45) is 0. The first kappa shape index (κ1) is 11.1. The summed E-state index contributed by atoms with van der Waals surface area (Å²) in [7, 11) is 1.50. The van der Waals surface area contributed by atoms with Crippen molar-refractivity contribution in [3.05, 3.63) is 29.8 Å². The van der Waals surface area contributed by atoms with Crippen LogP contribution in [0.4, 0.5) is 5.69 Å². The number of rotatable bonds is 4. The van der Waals surface area contributed by atoms with Gasteiger partial charge in [-0.1, -0.05) is 18.2 Å². The van der Waals surface area contributed by atoms with E-state index in [1.807, 2.05) is 12.1 Å². The fraction of sp³-hybridized carbons (Fsp3) is 0.250. The van der Waals surface area contributed by atoms with E-state index in [0.717, 1.165) is 10.6 Å². The first-order valence-electron chi connectivity index (χ1n) is 3.94. The second-order valence-electron chi connectivity index (χ2n) is 2.61. The van der Waals surface area contributed by atoms with E-state index in [9.17, 15) is 8.76 Å². The molecule has 0 aliphatic heterocycles. The van der Waals surface area contributed by atoms with E-state index in [-0.39, 0.29) is 0 Å². The molecule has 0 aliphatic rings. The average molecular weight is 215 g/mol. The third kappa shape index (κ3) is 2.78. The van der Waals surface area contributed by atoms with Crippen LogP contribution in [-0.2, 0) is 22.2 Å². The minimum Gasteiger partial charge on any atom is -0.748 e. The summed E-state index contributed by atoms with van der Waals surface area (Å²) in [5.41, 5.74) is 6.94. The molecule has 0 amide bonds. The van der Waals surface area contributed by atoms with Crippen LogP contribution in [0.15, 0.2) is 24.3 Å². The minimum absolute atomic E-state index is 0.329. The predicted octanol–water partition coefficient (Wildman–Crippen LogP) is 0.307. The Kier molecular flexibility index (Phi) is 4.02. The molecule has 0 saturated heterocycles. The summed E-state index contributed by atoms with van der Waals surface area (Å²) in [5.74, 6) is 0. The molecule has 5 nitrogen and oxygen atoms in total. The van der Waals surface area contributed by atoms with Gasteiger partial charge in [-0.05, 0) is 11.6 Å². The molecular formula is C8H11N2O3S-. The zero-order chi connectivity index (χ0) is 10.6. The fourth-order valence-electron chi connectivity index (χ4n) is 1.12. The molecule has 1 aromatic carbocycles. The van der Waals surface area contributed by atoms with Crippen LogP contribution in [0.3, 0.4) is 0 Å². The van der Waals surface area contributed by atoms with Crippen molar-refractivity contribution >= 4 is 17.0 Å². The van der Waals surface area contributed by atoms with E-state index >= 15 is 0 Å². The molecule has 0 heterocycles. The van der Waals surface area contributed by atoms with Crippen molar-refractivity contribution < 1.29 is 13.0 Å². The van der Waals surface area contributed by atoms with Crippen LogP contribution in [-0.4, -0.2) is 15.8 Å². The maximum Gasteiger partial charge on any atom is 0.112 e. The van der Waals surface area contributed by atoms with Gasteiger partial charge in [0.15, 0.2) is 0 Å². The van der Waals surface area contributed by atoms with Crippen LogP contribution in [0.1, 0.15) is 5.56 Å². The van der Waals surface area contributed by atoms with Gasteiger partial charge in [0.1, 0.15) is 11.4 Å². The standard InChI is InChI=1S/C8H12N2O3S/c1-10(13-14(11)12)8-5-3-2-4-7(8)6-9/h2-5H,6,9H2,1H3,(H,11,12)/p-1. The minimum atomic E-state index is -2.57. The van der Waals surface area contributed by atoms with E-state index in [2.05, 4.69) is 4.28 Å². The molecule has 0 bridgehead atoms. The van der Waals surface area contributed by atoms with Crippen molar-refractivity contribution in [2.75, 3.05) is 12.1 Å². The smallest absolute Gasteiger partial charge is 0.112 e. The van der Waals surface area contributed by atoms with E-state index < -0.39 is 11.4 Å². The van der Waals surface area contributed by atoms with Gasteiger partial charge >= 0.3 is 0 Å². The molecule has 1 rings (SSSR count). The highest BCUT2D eigenvalue weighted by atomic mass is 32.2. The molecule has 0 aromatic heterocycles.